The molecule has 0 aliphatic carbocycles. The summed E-state index contributed by atoms with van der Waals surface area (Å²) in [5.74, 6) is 0. The van der Waals surface area contributed by atoms with E-state index in [9.17, 15) is 0 Å². The molecular formula is C11H15Cl2N3S2. The van der Waals surface area contributed by atoms with Crippen LogP contribution in [0, 0.1) is 0 Å². The first-order valence-corrected chi connectivity index (χ1v) is 6.91. The molecule has 0 spiro atoms. The lowest BCUT2D eigenvalue weighted by molar-refractivity contribution is 0.286. The Balaban J connectivity index is 0.000000810. The van der Waals surface area contributed by atoms with Crippen molar-refractivity contribution in [2.45, 2.75) is 13.0 Å². The van der Waals surface area contributed by atoms with Gasteiger partial charge in [0.25, 0.3) is 0 Å². The lowest BCUT2D eigenvalue weighted by Gasteiger charge is -2.25. The monoisotopic (exact) mass is 323 g/mol. The van der Waals surface area contributed by atoms with Crippen molar-refractivity contribution in [1.29, 1.82) is 0 Å². The quantitative estimate of drug-likeness (QED) is 0.862. The van der Waals surface area contributed by atoms with Crippen LogP contribution in [-0.2, 0) is 13.0 Å². The number of nitrogens with two attached hydrogens (primary N) is 1. The summed E-state index contributed by atoms with van der Waals surface area (Å²) in [5, 5.41) is 0.692. The van der Waals surface area contributed by atoms with E-state index in [0.717, 1.165) is 30.9 Å². The van der Waals surface area contributed by atoms with Crippen LogP contribution < -0.4 is 5.73 Å². The molecule has 0 unspecified atom stereocenters. The Morgan fingerprint density at radius 2 is 2.17 bits per heavy atom. The largest absolute Gasteiger partial charge is 0.375 e. The maximum Gasteiger partial charge on any atom is 0.181 e. The number of rotatable bonds is 2. The summed E-state index contributed by atoms with van der Waals surface area (Å²) < 4.78 is 1.32. The Bertz CT molecular complexity index is 550. The zero-order valence-electron chi connectivity index (χ0n) is 9.72. The minimum atomic E-state index is 0. The number of halogens is 2. The molecule has 3 nitrogen and oxygen atoms in total. The number of anilines is 1. The summed E-state index contributed by atoms with van der Waals surface area (Å²) in [6.45, 7) is 6.91. The highest BCUT2D eigenvalue weighted by Gasteiger charge is 2.22. The Kier molecular flexibility index (Phi) is 5.43. The zero-order valence-corrected chi connectivity index (χ0v) is 13.0. The maximum atomic E-state index is 5.73. The molecule has 2 aromatic rings. The normalized spacial score (nSPS) is 14.7. The molecular weight excluding hydrogens is 309 g/mol. The molecule has 0 amide bonds. The van der Waals surface area contributed by atoms with Gasteiger partial charge >= 0.3 is 0 Å². The molecule has 18 heavy (non-hydrogen) atoms. The van der Waals surface area contributed by atoms with Gasteiger partial charge in [0, 0.05) is 24.5 Å². The molecule has 3 rings (SSSR count). The third-order valence-corrected chi connectivity index (χ3v) is 5.06. The first kappa shape index (κ1) is 15.7. The van der Waals surface area contributed by atoms with Crippen molar-refractivity contribution < 1.29 is 0 Å². The van der Waals surface area contributed by atoms with E-state index in [1.54, 1.807) is 22.7 Å². The molecule has 3 heterocycles. The van der Waals surface area contributed by atoms with Gasteiger partial charge in [-0.05, 0) is 12.0 Å². The van der Waals surface area contributed by atoms with E-state index < -0.39 is 0 Å². The van der Waals surface area contributed by atoms with Crippen molar-refractivity contribution in [2.75, 3.05) is 18.8 Å². The van der Waals surface area contributed by atoms with Crippen LogP contribution in [0.3, 0.4) is 0 Å². The third-order valence-electron chi connectivity index (χ3n) is 2.88. The van der Waals surface area contributed by atoms with Crippen molar-refractivity contribution in [3.63, 3.8) is 0 Å². The first-order valence-electron chi connectivity index (χ1n) is 5.27. The molecule has 1 aliphatic heterocycles. The lowest BCUT2D eigenvalue weighted by atomic mass is 10.1. The van der Waals surface area contributed by atoms with Crippen LogP contribution in [0.15, 0.2) is 12.7 Å². The Hall–Kier alpha value is -0.330. The van der Waals surface area contributed by atoms with Crippen molar-refractivity contribution in [3.8, 4) is 0 Å². The average molecular weight is 324 g/mol. The molecule has 0 atom stereocenters. The number of thiazole rings is 1. The summed E-state index contributed by atoms with van der Waals surface area (Å²) in [7, 11) is 0. The van der Waals surface area contributed by atoms with E-state index in [4.69, 9.17) is 5.73 Å². The Morgan fingerprint density at radius 1 is 1.39 bits per heavy atom. The molecule has 7 heteroatoms. The molecule has 0 saturated heterocycles. The van der Waals surface area contributed by atoms with Crippen LogP contribution in [0.1, 0.15) is 10.4 Å². The first-order chi connectivity index (χ1) is 7.78. The number of fused-ring (bicyclic) bond motifs is 3. The maximum absolute atomic E-state index is 5.73. The van der Waals surface area contributed by atoms with E-state index in [1.807, 2.05) is 6.08 Å². The Labute approximate surface area is 127 Å². The lowest BCUT2D eigenvalue weighted by Crippen LogP contribution is -2.29. The van der Waals surface area contributed by atoms with E-state index in [-0.39, 0.29) is 24.8 Å². The van der Waals surface area contributed by atoms with Gasteiger partial charge in [-0.2, -0.15) is 0 Å². The zero-order chi connectivity index (χ0) is 11.1. The van der Waals surface area contributed by atoms with Crippen LogP contribution in [0.25, 0.3) is 9.53 Å². The van der Waals surface area contributed by atoms with Gasteiger partial charge in [-0.1, -0.05) is 17.4 Å². The molecule has 1 aliphatic rings. The van der Waals surface area contributed by atoms with Crippen LogP contribution in [0.2, 0.25) is 0 Å². The number of nitrogens with zero attached hydrogens (tertiary/aromatic N) is 2. The fourth-order valence-electron chi connectivity index (χ4n) is 2.16. The standard InChI is InChI=1S/C11H13N3S2.2ClH/c1-2-4-14-5-3-7-8(6-14)15-10-9(7)16-11(12)13-10;;/h2H,1,3-6H2,(H2,12,13);2*1H. The third kappa shape index (κ3) is 2.65. The number of aromatic nitrogens is 1. The molecule has 0 fully saturated rings. The fourth-order valence-corrected chi connectivity index (χ4v) is 4.53. The molecule has 0 saturated carbocycles. The van der Waals surface area contributed by atoms with Gasteiger partial charge in [-0.25, -0.2) is 4.98 Å². The minimum Gasteiger partial charge on any atom is -0.375 e. The van der Waals surface area contributed by atoms with Crippen molar-refractivity contribution in [3.05, 3.63) is 23.1 Å². The molecule has 100 valence electrons. The van der Waals surface area contributed by atoms with Gasteiger partial charge in [0.05, 0.1) is 4.70 Å². The number of hydrogen-bond acceptors (Lipinski definition) is 5. The molecule has 0 bridgehead atoms. The van der Waals surface area contributed by atoms with E-state index >= 15 is 0 Å². The predicted molar refractivity (Wildman–Crippen MR) is 85.6 cm³/mol. The summed E-state index contributed by atoms with van der Waals surface area (Å²) in [5.41, 5.74) is 7.21. The summed E-state index contributed by atoms with van der Waals surface area (Å²) in [4.78, 5) is 9.36. The van der Waals surface area contributed by atoms with E-state index in [0.29, 0.717) is 5.13 Å². The van der Waals surface area contributed by atoms with Crippen molar-refractivity contribution in [2.24, 2.45) is 0 Å². The topological polar surface area (TPSA) is 42.2 Å². The van der Waals surface area contributed by atoms with Crippen LogP contribution in [0.5, 0.6) is 0 Å². The molecule has 2 aromatic heterocycles. The highest BCUT2D eigenvalue weighted by atomic mass is 35.5. The molecule has 0 radical (unpaired) electrons. The highest BCUT2D eigenvalue weighted by molar-refractivity contribution is 7.29. The van der Waals surface area contributed by atoms with Crippen molar-refractivity contribution >= 4 is 62.1 Å². The Morgan fingerprint density at radius 3 is 2.89 bits per heavy atom. The van der Waals surface area contributed by atoms with Crippen LogP contribution >= 0.6 is 47.5 Å². The van der Waals surface area contributed by atoms with Gasteiger partial charge < -0.3 is 5.73 Å². The summed E-state index contributed by atoms with van der Waals surface area (Å²) >= 11 is 3.42. The second kappa shape index (κ2) is 6.21. The summed E-state index contributed by atoms with van der Waals surface area (Å²) in [6.07, 6.45) is 3.09. The van der Waals surface area contributed by atoms with Gasteiger partial charge in [-0.15, -0.1) is 42.7 Å². The van der Waals surface area contributed by atoms with Gasteiger partial charge in [0.15, 0.2) is 5.13 Å². The number of nitrogen functional groups attached to an aromatic ring is 1. The van der Waals surface area contributed by atoms with Crippen molar-refractivity contribution in [1.82, 2.24) is 9.88 Å². The number of hydrogen-bond donors (Lipinski definition) is 1. The smallest absolute Gasteiger partial charge is 0.181 e. The second-order valence-corrected chi connectivity index (χ2v) is 6.08. The van der Waals surface area contributed by atoms with E-state index in [2.05, 4.69) is 16.5 Å². The van der Waals surface area contributed by atoms with E-state index in [1.165, 1.54) is 15.1 Å². The van der Waals surface area contributed by atoms with Gasteiger partial charge in [-0.3, -0.25) is 4.90 Å². The SMILES string of the molecule is C=CCN1CCc2c(sc3nc(N)sc23)C1.Cl.Cl. The number of thiophene rings is 1. The molecule has 0 aromatic carbocycles. The predicted octanol–water partition coefficient (Wildman–Crippen LogP) is 3.33. The second-order valence-electron chi connectivity index (χ2n) is 3.96. The average Bonchev–Trinajstić information content (AvgIpc) is 2.73. The van der Waals surface area contributed by atoms with Crippen LogP contribution in [-0.4, -0.2) is 23.0 Å². The van der Waals surface area contributed by atoms with Gasteiger partial charge in [0.2, 0.25) is 0 Å². The summed E-state index contributed by atoms with van der Waals surface area (Å²) in [6, 6.07) is 0. The van der Waals surface area contributed by atoms with Gasteiger partial charge in [0.1, 0.15) is 4.83 Å². The fraction of sp³-hybridized carbons (Fsp3) is 0.364. The van der Waals surface area contributed by atoms with Crippen LogP contribution in [0.4, 0.5) is 5.13 Å². The highest BCUT2D eigenvalue weighted by Crippen LogP contribution is 2.38. The minimum absolute atomic E-state index is 0. The molecule has 2 N–H and O–H groups in total.